The molecule has 2 saturated heterocycles. The molecule has 2 atom stereocenters. The number of carbonyl (C=O) groups is 2. The molecule has 0 radical (unpaired) electrons. The number of aromatic nitrogens is 1. The zero-order chi connectivity index (χ0) is 31.5. The summed E-state index contributed by atoms with van der Waals surface area (Å²) in [6.07, 6.45) is 0.862. The fourth-order valence-electron chi connectivity index (χ4n) is 6.29. The molecule has 3 aromatic rings. The molecule has 0 aliphatic carbocycles. The number of benzene rings is 2. The molecule has 3 aliphatic heterocycles. The SMILES string of the molecule is C[C@H]1CCc2c(N3CCC(O)(COc4c(F)cc(N5C[C@H](CO)OC5=O)cc4F)CC3)c(F)cc3c(=O)c(C(=O)O)cn1c23. The predicted molar refractivity (Wildman–Crippen MR) is 151 cm³/mol. The van der Waals surface area contributed by atoms with Crippen LogP contribution in [-0.4, -0.2) is 76.5 Å². The summed E-state index contributed by atoms with van der Waals surface area (Å²) in [7, 11) is 0. The highest BCUT2D eigenvalue weighted by Gasteiger charge is 2.37. The lowest BCUT2D eigenvalue weighted by Gasteiger charge is -2.40. The van der Waals surface area contributed by atoms with Crippen LogP contribution in [0.3, 0.4) is 0 Å². The molecule has 3 N–H and O–H groups in total. The predicted octanol–water partition coefficient (Wildman–Crippen LogP) is 3.35. The minimum absolute atomic E-state index is 0.000441. The molecule has 14 heteroatoms. The topological polar surface area (TPSA) is 142 Å². The summed E-state index contributed by atoms with van der Waals surface area (Å²) in [6, 6.07) is 2.77. The maximum atomic E-state index is 15.6. The van der Waals surface area contributed by atoms with E-state index in [1.807, 2.05) is 6.92 Å². The van der Waals surface area contributed by atoms with Crippen LogP contribution in [0.15, 0.2) is 29.2 Å². The molecule has 6 rings (SSSR count). The number of halogens is 3. The second-order valence-corrected chi connectivity index (χ2v) is 11.6. The molecule has 44 heavy (non-hydrogen) atoms. The van der Waals surface area contributed by atoms with Crippen LogP contribution in [0, 0.1) is 17.5 Å². The molecule has 0 saturated carbocycles. The van der Waals surface area contributed by atoms with Gasteiger partial charge in [-0.1, -0.05) is 0 Å². The van der Waals surface area contributed by atoms with Gasteiger partial charge >= 0.3 is 12.1 Å². The smallest absolute Gasteiger partial charge is 0.414 e. The van der Waals surface area contributed by atoms with Crippen LogP contribution < -0.4 is 20.0 Å². The highest BCUT2D eigenvalue weighted by molar-refractivity contribution is 5.95. The van der Waals surface area contributed by atoms with Crippen LogP contribution in [0.1, 0.15) is 48.1 Å². The van der Waals surface area contributed by atoms with Gasteiger partial charge in [0.25, 0.3) is 0 Å². The Hall–Kier alpha value is -4.30. The van der Waals surface area contributed by atoms with Crippen LogP contribution in [-0.2, 0) is 11.2 Å². The number of carboxylic acids is 1. The molecule has 234 valence electrons. The first-order valence-electron chi connectivity index (χ1n) is 14.2. The summed E-state index contributed by atoms with van der Waals surface area (Å²) >= 11 is 0. The Morgan fingerprint density at radius 2 is 1.80 bits per heavy atom. The molecule has 11 nitrogen and oxygen atoms in total. The molecule has 0 unspecified atom stereocenters. The quantitative estimate of drug-likeness (QED) is 0.364. The minimum atomic E-state index is -1.49. The molecule has 2 aromatic carbocycles. The minimum Gasteiger partial charge on any atom is -0.485 e. The van der Waals surface area contributed by atoms with E-state index in [0.29, 0.717) is 23.9 Å². The number of carbonyl (C=O) groups excluding carboxylic acids is 1. The van der Waals surface area contributed by atoms with Gasteiger partial charge in [0.2, 0.25) is 5.43 Å². The standard InChI is InChI=1S/C30H30F3N3O8/c1-15-2-3-18-24-19(26(38)20(28(39)40)12-35(15)24)10-21(31)25(18)34-6-4-30(42,5-7-34)14-43-27-22(32)8-16(9-23(27)33)36-11-17(13-37)44-29(36)41/h8-10,12,15,17,37,42H,2-7,11,13-14H2,1H3,(H,39,40)/t15-,17+/m0/s1. The summed E-state index contributed by atoms with van der Waals surface area (Å²) in [5.41, 5.74) is -1.42. The van der Waals surface area contributed by atoms with Gasteiger partial charge < -0.3 is 34.3 Å². The van der Waals surface area contributed by atoms with Crippen molar-refractivity contribution in [2.45, 2.75) is 50.4 Å². The number of hydrogen-bond acceptors (Lipinski definition) is 8. The monoisotopic (exact) mass is 617 g/mol. The van der Waals surface area contributed by atoms with Gasteiger partial charge in [0.15, 0.2) is 17.4 Å². The zero-order valence-electron chi connectivity index (χ0n) is 23.7. The average molecular weight is 618 g/mol. The summed E-state index contributed by atoms with van der Waals surface area (Å²) in [5.74, 6) is -4.97. The molecule has 4 heterocycles. The Bertz CT molecular complexity index is 1710. The lowest BCUT2D eigenvalue weighted by Crippen LogP contribution is -2.48. The van der Waals surface area contributed by atoms with Crippen LogP contribution >= 0.6 is 0 Å². The van der Waals surface area contributed by atoms with Gasteiger partial charge in [0.1, 0.15) is 29.7 Å². The second-order valence-electron chi connectivity index (χ2n) is 11.6. The van der Waals surface area contributed by atoms with Gasteiger partial charge in [-0.3, -0.25) is 9.69 Å². The van der Waals surface area contributed by atoms with Crippen molar-refractivity contribution in [2.75, 3.05) is 42.6 Å². The maximum Gasteiger partial charge on any atom is 0.414 e. The molecular formula is C30H30F3N3O8. The Balaban J connectivity index is 1.20. The molecule has 3 aliphatic rings. The van der Waals surface area contributed by atoms with Crippen molar-refractivity contribution >= 4 is 34.3 Å². The first-order chi connectivity index (χ1) is 20.9. The van der Waals surface area contributed by atoms with Gasteiger partial charge in [0.05, 0.1) is 30.0 Å². The number of anilines is 2. The van der Waals surface area contributed by atoms with E-state index in [0.717, 1.165) is 23.1 Å². The van der Waals surface area contributed by atoms with E-state index in [2.05, 4.69) is 0 Å². The van der Waals surface area contributed by atoms with Crippen molar-refractivity contribution in [3.05, 3.63) is 63.2 Å². The van der Waals surface area contributed by atoms with Gasteiger partial charge in [-0.25, -0.2) is 22.8 Å². The van der Waals surface area contributed by atoms with Crippen molar-refractivity contribution in [3.8, 4) is 5.75 Å². The molecule has 1 amide bonds. The van der Waals surface area contributed by atoms with Crippen LogP contribution in [0.2, 0.25) is 0 Å². The fraction of sp³-hybridized carbons (Fsp3) is 0.433. The fourth-order valence-corrected chi connectivity index (χ4v) is 6.29. The maximum absolute atomic E-state index is 15.6. The number of piperidine rings is 1. The summed E-state index contributed by atoms with van der Waals surface area (Å²) < 4.78 is 57.4. The third-order valence-electron chi connectivity index (χ3n) is 8.73. The van der Waals surface area contributed by atoms with Crippen LogP contribution in [0.5, 0.6) is 5.75 Å². The van der Waals surface area contributed by atoms with Gasteiger partial charge in [-0.05, 0) is 38.7 Å². The highest BCUT2D eigenvalue weighted by atomic mass is 19.1. The van der Waals surface area contributed by atoms with Crippen LogP contribution in [0.25, 0.3) is 10.9 Å². The number of aliphatic hydroxyl groups is 2. The number of ether oxygens (including phenoxy) is 2. The summed E-state index contributed by atoms with van der Waals surface area (Å²) in [5, 5.41) is 29.9. The van der Waals surface area contributed by atoms with E-state index in [1.54, 1.807) is 9.47 Å². The van der Waals surface area contributed by atoms with E-state index in [-0.39, 0.29) is 55.3 Å². The Morgan fingerprint density at radius 1 is 1.11 bits per heavy atom. The number of cyclic esters (lactones) is 1. The van der Waals surface area contributed by atoms with E-state index < -0.39 is 71.2 Å². The zero-order valence-corrected chi connectivity index (χ0v) is 23.7. The largest absolute Gasteiger partial charge is 0.485 e. The Morgan fingerprint density at radius 3 is 2.41 bits per heavy atom. The van der Waals surface area contributed by atoms with E-state index >= 15 is 4.39 Å². The molecule has 0 bridgehead atoms. The van der Waals surface area contributed by atoms with Crippen molar-refractivity contribution in [2.24, 2.45) is 0 Å². The number of amides is 1. The van der Waals surface area contributed by atoms with Crippen molar-refractivity contribution in [1.29, 1.82) is 0 Å². The van der Waals surface area contributed by atoms with E-state index in [1.165, 1.54) is 6.20 Å². The number of hydrogen-bond donors (Lipinski definition) is 3. The summed E-state index contributed by atoms with van der Waals surface area (Å²) in [6.45, 7) is 1.28. The van der Waals surface area contributed by atoms with Gasteiger partial charge in [-0.2, -0.15) is 0 Å². The number of nitrogens with zero attached hydrogens (tertiary/aromatic N) is 3. The third-order valence-corrected chi connectivity index (χ3v) is 8.73. The molecule has 1 aromatic heterocycles. The Kier molecular flexibility index (Phi) is 7.44. The third kappa shape index (κ3) is 5.01. The Labute approximate surface area is 248 Å². The van der Waals surface area contributed by atoms with Crippen molar-refractivity contribution < 1.29 is 47.6 Å². The number of aryl methyl sites for hydroxylation is 1. The van der Waals surface area contributed by atoms with E-state index in [9.17, 15) is 38.5 Å². The summed E-state index contributed by atoms with van der Waals surface area (Å²) in [4.78, 5) is 39.3. The normalized spacial score (nSPS) is 21.1. The first-order valence-corrected chi connectivity index (χ1v) is 14.2. The number of aromatic carboxylic acids is 1. The van der Waals surface area contributed by atoms with Gasteiger partial charge in [0, 0.05) is 48.4 Å². The lowest BCUT2D eigenvalue weighted by molar-refractivity contribution is -0.0260. The molecule has 0 spiro atoms. The van der Waals surface area contributed by atoms with Crippen LogP contribution in [0.4, 0.5) is 29.3 Å². The molecular weight excluding hydrogens is 587 g/mol. The average Bonchev–Trinajstić information content (AvgIpc) is 3.36. The van der Waals surface area contributed by atoms with Crippen molar-refractivity contribution in [1.82, 2.24) is 4.57 Å². The molecule has 2 fully saturated rings. The number of aliphatic hydroxyl groups excluding tert-OH is 1. The first kappa shape index (κ1) is 29.8. The number of carboxylic acid groups (broad SMARTS) is 1. The second kappa shape index (κ2) is 11.0. The van der Waals surface area contributed by atoms with Crippen molar-refractivity contribution in [3.63, 3.8) is 0 Å². The highest BCUT2D eigenvalue weighted by Crippen LogP contribution is 2.40. The van der Waals surface area contributed by atoms with E-state index in [4.69, 9.17) is 9.47 Å². The number of rotatable bonds is 7. The van der Waals surface area contributed by atoms with Gasteiger partial charge in [-0.15, -0.1) is 0 Å². The number of pyridine rings is 1. The lowest BCUT2D eigenvalue weighted by atomic mass is 9.89.